The third kappa shape index (κ3) is 3.90. The molecule has 0 unspecified atom stereocenters. The smallest absolute Gasteiger partial charge is 0.186 e. The van der Waals surface area contributed by atoms with Gasteiger partial charge in [0.25, 0.3) is 0 Å². The molecule has 21 heavy (non-hydrogen) atoms. The molecule has 1 heterocycles. The SMILES string of the molecule is CNC(=S)N/N=C\c1ccc(-c2cccc(C(=O)[O-])c2)o1. The van der Waals surface area contributed by atoms with Crippen molar-refractivity contribution in [2.75, 3.05) is 7.05 Å². The Labute approximate surface area is 126 Å². The molecule has 0 saturated heterocycles. The lowest BCUT2D eigenvalue weighted by atomic mass is 10.1. The Bertz CT molecular complexity index is 694. The number of nitrogens with zero attached hydrogens (tertiary/aromatic N) is 1. The Morgan fingerprint density at radius 1 is 1.38 bits per heavy atom. The minimum absolute atomic E-state index is 0.0974. The maximum Gasteiger partial charge on any atom is 0.186 e. The van der Waals surface area contributed by atoms with E-state index in [-0.39, 0.29) is 5.56 Å². The summed E-state index contributed by atoms with van der Waals surface area (Å²) in [7, 11) is 1.68. The number of carboxylic acid groups (broad SMARTS) is 1. The number of aromatic carboxylic acids is 1. The third-order valence-electron chi connectivity index (χ3n) is 2.59. The number of thiocarbonyl (C=S) groups is 1. The number of nitrogens with one attached hydrogen (secondary N) is 2. The van der Waals surface area contributed by atoms with E-state index in [9.17, 15) is 9.90 Å². The fraction of sp³-hybridized carbons (Fsp3) is 0.0714. The van der Waals surface area contributed by atoms with Crippen molar-refractivity contribution in [1.29, 1.82) is 0 Å². The number of hydrogen-bond donors (Lipinski definition) is 2. The van der Waals surface area contributed by atoms with E-state index in [4.69, 9.17) is 16.6 Å². The summed E-state index contributed by atoms with van der Waals surface area (Å²) in [5.74, 6) is -0.180. The van der Waals surface area contributed by atoms with Crippen molar-refractivity contribution in [3.8, 4) is 11.3 Å². The van der Waals surface area contributed by atoms with Crippen molar-refractivity contribution in [2.45, 2.75) is 0 Å². The minimum Gasteiger partial charge on any atom is -0.545 e. The van der Waals surface area contributed by atoms with Crippen LogP contribution in [-0.2, 0) is 0 Å². The van der Waals surface area contributed by atoms with Crippen LogP contribution < -0.4 is 15.8 Å². The van der Waals surface area contributed by atoms with E-state index in [1.807, 2.05) is 0 Å². The molecular weight excluding hydrogens is 290 g/mol. The summed E-state index contributed by atoms with van der Waals surface area (Å²) < 4.78 is 5.55. The van der Waals surface area contributed by atoms with Gasteiger partial charge in [-0.3, -0.25) is 5.43 Å². The number of furan rings is 1. The highest BCUT2D eigenvalue weighted by atomic mass is 32.1. The second kappa shape index (κ2) is 6.67. The van der Waals surface area contributed by atoms with Crippen LogP contribution in [0.4, 0.5) is 0 Å². The Hall–Kier alpha value is -2.67. The fourth-order valence-electron chi connectivity index (χ4n) is 1.59. The summed E-state index contributed by atoms with van der Waals surface area (Å²) in [5.41, 5.74) is 3.34. The van der Waals surface area contributed by atoms with Gasteiger partial charge >= 0.3 is 0 Å². The summed E-state index contributed by atoms with van der Waals surface area (Å²) in [6, 6.07) is 9.78. The van der Waals surface area contributed by atoms with Gasteiger partial charge in [-0.05, 0) is 36.0 Å². The lowest BCUT2D eigenvalue weighted by Gasteiger charge is -2.03. The molecule has 0 radical (unpaired) electrons. The molecule has 2 aromatic rings. The molecule has 0 bridgehead atoms. The first-order valence-corrected chi connectivity index (χ1v) is 6.43. The highest BCUT2D eigenvalue weighted by Crippen LogP contribution is 2.22. The van der Waals surface area contributed by atoms with Crippen molar-refractivity contribution >= 4 is 29.5 Å². The van der Waals surface area contributed by atoms with Crippen LogP contribution in [0.15, 0.2) is 45.9 Å². The van der Waals surface area contributed by atoms with Gasteiger partial charge in [-0.15, -0.1) is 0 Å². The van der Waals surface area contributed by atoms with Crippen LogP contribution in [0.5, 0.6) is 0 Å². The molecule has 7 heteroatoms. The number of hydrogen-bond acceptors (Lipinski definition) is 5. The number of carbonyl (C=O) groups excluding carboxylic acids is 1. The van der Waals surface area contributed by atoms with E-state index in [2.05, 4.69) is 15.8 Å². The average molecular weight is 302 g/mol. The predicted molar refractivity (Wildman–Crippen MR) is 80.9 cm³/mol. The molecule has 0 aliphatic heterocycles. The topological polar surface area (TPSA) is 89.7 Å². The van der Waals surface area contributed by atoms with Gasteiger partial charge in [0.1, 0.15) is 11.5 Å². The summed E-state index contributed by atoms with van der Waals surface area (Å²) >= 11 is 4.86. The van der Waals surface area contributed by atoms with Crippen LogP contribution in [0.2, 0.25) is 0 Å². The van der Waals surface area contributed by atoms with E-state index in [0.29, 0.717) is 22.2 Å². The van der Waals surface area contributed by atoms with E-state index in [1.54, 1.807) is 31.3 Å². The lowest BCUT2D eigenvalue weighted by molar-refractivity contribution is -0.255. The zero-order chi connectivity index (χ0) is 15.2. The van der Waals surface area contributed by atoms with Crippen molar-refractivity contribution in [3.05, 3.63) is 47.7 Å². The Morgan fingerprint density at radius 3 is 2.90 bits per heavy atom. The molecule has 0 fully saturated rings. The Morgan fingerprint density at radius 2 is 2.19 bits per heavy atom. The highest BCUT2D eigenvalue weighted by molar-refractivity contribution is 7.80. The standard InChI is InChI=1S/C14H13N3O3S/c1-15-14(21)17-16-8-11-5-6-12(20-11)9-3-2-4-10(7-9)13(18)19/h2-8H,1H3,(H,18,19)(H2,15,17,21)/p-1/b16-8-. The second-order valence-electron chi connectivity index (χ2n) is 4.02. The number of benzene rings is 1. The van der Waals surface area contributed by atoms with Crippen molar-refractivity contribution in [3.63, 3.8) is 0 Å². The van der Waals surface area contributed by atoms with Crippen LogP contribution in [0.3, 0.4) is 0 Å². The molecule has 0 atom stereocenters. The average Bonchev–Trinajstić information content (AvgIpc) is 2.96. The first kappa shape index (κ1) is 14.7. The van der Waals surface area contributed by atoms with Crippen LogP contribution >= 0.6 is 12.2 Å². The predicted octanol–water partition coefficient (Wildman–Crippen LogP) is 0.738. The minimum atomic E-state index is -1.23. The maximum absolute atomic E-state index is 10.8. The van der Waals surface area contributed by atoms with Gasteiger partial charge in [-0.2, -0.15) is 5.10 Å². The molecule has 0 aliphatic carbocycles. The number of hydrazone groups is 1. The zero-order valence-electron chi connectivity index (χ0n) is 11.1. The summed E-state index contributed by atoms with van der Waals surface area (Å²) in [4.78, 5) is 10.8. The zero-order valence-corrected chi connectivity index (χ0v) is 11.9. The van der Waals surface area contributed by atoms with Gasteiger partial charge in [0, 0.05) is 12.6 Å². The summed E-state index contributed by atoms with van der Waals surface area (Å²) in [6.07, 6.45) is 1.47. The highest BCUT2D eigenvalue weighted by Gasteiger charge is 2.05. The molecule has 2 N–H and O–H groups in total. The van der Waals surface area contributed by atoms with Crippen LogP contribution in [0.1, 0.15) is 16.1 Å². The van der Waals surface area contributed by atoms with Gasteiger partial charge in [0.2, 0.25) is 0 Å². The second-order valence-corrected chi connectivity index (χ2v) is 4.43. The fourth-order valence-corrected chi connectivity index (χ4v) is 1.64. The monoisotopic (exact) mass is 302 g/mol. The van der Waals surface area contributed by atoms with Gasteiger partial charge < -0.3 is 19.6 Å². The Kier molecular flexibility index (Phi) is 4.68. The van der Waals surface area contributed by atoms with Crippen molar-refractivity contribution < 1.29 is 14.3 Å². The first-order valence-electron chi connectivity index (χ1n) is 6.02. The number of carbonyl (C=O) groups is 1. The molecule has 0 aliphatic rings. The van der Waals surface area contributed by atoms with Gasteiger partial charge in [0.15, 0.2) is 5.11 Å². The van der Waals surface area contributed by atoms with E-state index in [0.717, 1.165) is 0 Å². The van der Waals surface area contributed by atoms with Crippen molar-refractivity contribution in [1.82, 2.24) is 10.7 Å². The molecule has 1 aromatic heterocycles. The summed E-state index contributed by atoms with van der Waals surface area (Å²) in [5, 5.41) is 17.8. The molecule has 6 nitrogen and oxygen atoms in total. The van der Waals surface area contributed by atoms with E-state index >= 15 is 0 Å². The van der Waals surface area contributed by atoms with Gasteiger partial charge in [-0.25, -0.2) is 0 Å². The van der Waals surface area contributed by atoms with Crippen LogP contribution in [0.25, 0.3) is 11.3 Å². The molecule has 0 saturated carbocycles. The molecule has 2 rings (SSSR count). The van der Waals surface area contributed by atoms with E-state index < -0.39 is 5.97 Å². The molecule has 108 valence electrons. The van der Waals surface area contributed by atoms with Crippen LogP contribution in [-0.4, -0.2) is 24.3 Å². The molecule has 0 spiro atoms. The summed E-state index contributed by atoms with van der Waals surface area (Å²) in [6.45, 7) is 0. The largest absolute Gasteiger partial charge is 0.545 e. The van der Waals surface area contributed by atoms with Gasteiger partial charge in [0.05, 0.1) is 12.2 Å². The maximum atomic E-state index is 10.8. The van der Waals surface area contributed by atoms with Crippen molar-refractivity contribution in [2.24, 2.45) is 5.10 Å². The molecule has 1 aromatic carbocycles. The van der Waals surface area contributed by atoms with Gasteiger partial charge in [-0.1, -0.05) is 18.2 Å². The number of rotatable bonds is 4. The van der Waals surface area contributed by atoms with E-state index in [1.165, 1.54) is 18.3 Å². The quantitative estimate of drug-likeness (QED) is 0.492. The molecule has 0 amide bonds. The normalized spacial score (nSPS) is 10.5. The Balaban J connectivity index is 2.14. The third-order valence-corrected chi connectivity index (χ3v) is 2.89. The lowest BCUT2D eigenvalue weighted by Crippen LogP contribution is -2.28. The van der Waals surface area contributed by atoms with Crippen LogP contribution in [0, 0.1) is 0 Å². The number of carboxylic acids is 1. The first-order chi connectivity index (χ1) is 10.1. The molecular formula is C14H12N3O3S-.